The van der Waals surface area contributed by atoms with Gasteiger partial charge in [-0.2, -0.15) is 6.07 Å². The fourth-order valence-electron chi connectivity index (χ4n) is 5.31. The molecule has 7 rings (SSSR count). The summed E-state index contributed by atoms with van der Waals surface area (Å²) in [6, 6.07) is 40.8. The van der Waals surface area contributed by atoms with E-state index < -0.39 is 11.4 Å². The van der Waals surface area contributed by atoms with Gasteiger partial charge >= 0.3 is 5.97 Å². The number of ether oxygens (including phenoxy) is 3. The van der Waals surface area contributed by atoms with E-state index in [1.54, 1.807) is 32.5 Å². The smallest absolute Gasteiger partial charge is 0.354 e. The Kier molecular flexibility index (Phi) is 9.86. The summed E-state index contributed by atoms with van der Waals surface area (Å²) >= 11 is 0. The minimum Gasteiger partial charge on any atom is -0.554 e. The minimum atomic E-state index is -0.990. The third-order valence-electron chi connectivity index (χ3n) is 7.35. The summed E-state index contributed by atoms with van der Waals surface area (Å²) in [5.41, 5.74) is 4.23. The topological polar surface area (TPSA) is 104 Å². The van der Waals surface area contributed by atoms with Crippen LogP contribution in [0.4, 0.5) is 0 Å². The Morgan fingerprint density at radius 1 is 0.783 bits per heavy atom. The van der Waals surface area contributed by atoms with Crippen LogP contribution in [-0.4, -0.2) is 40.2 Å². The first-order valence-corrected chi connectivity index (χ1v) is 14.0. The summed E-state index contributed by atoms with van der Waals surface area (Å²) in [7, 11) is 3.27. The molecule has 3 aromatic heterocycles. The van der Waals surface area contributed by atoms with Gasteiger partial charge in [-0.1, -0.05) is 42.0 Å². The number of rotatable bonds is 6. The van der Waals surface area contributed by atoms with Crippen molar-refractivity contribution in [2.45, 2.75) is 5.41 Å². The largest absolute Gasteiger partial charge is 0.554 e. The second-order valence-corrected chi connectivity index (χ2v) is 9.91. The third kappa shape index (κ3) is 6.11. The normalized spacial score (nSPS) is 14.1. The van der Waals surface area contributed by atoms with E-state index in [-0.39, 0.29) is 25.8 Å². The van der Waals surface area contributed by atoms with Crippen molar-refractivity contribution in [1.29, 1.82) is 0 Å². The van der Waals surface area contributed by atoms with Gasteiger partial charge in [0, 0.05) is 61.3 Å². The van der Waals surface area contributed by atoms with Gasteiger partial charge in [-0.15, -0.1) is 42.0 Å². The Hall–Kier alpha value is -5.37. The molecule has 0 spiro atoms. The molecule has 0 bridgehead atoms. The van der Waals surface area contributed by atoms with E-state index in [2.05, 4.69) is 17.1 Å². The second kappa shape index (κ2) is 14.2. The van der Waals surface area contributed by atoms with Crippen LogP contribution in [0, 0.1) is 12.1 Å². The summed E-state index contributed by atoms with van der Waals surface area (Å²) in [4.78, 5) is 23.8. The average molecular weight is 786 g/mol. The fraction of sp³-hybridized carbons (Fsp3) is 0.0811. The first kappa shape index (κ1) is 32.0. The zero-order valence-corrected chi connectivity index (χ0v) is 27.2. The molecule has 46 heavy (non-hydrogen) atoms. The molecule has 0 fully saturated rings. The summed E-state index contributed by atoms with van der Waals surface area (Å²) < 4.78 is 17.4. The van der Waals surface area contributed by atoms with Crippen molar-refractivity contribution in [3.8, 4) is 34.3 Å². The van der Waals surface area contributed by atoms with E-state index in [4.69, 9.17) is 29.3 Å². The number of carboxylic acids is 1. The number of nitrogens with zero attached hydrogens (tertiary/aromatic N) is 3. The molecule has 4 heterocycles. The Morgan fingerprint density at radius 3 is 2.17 bits per heavy atom. The van der Waals surface area contributed by atoms with Crippen LogP contribution >= 0.6 is 0 Å². The van der Waals surface area contributed by atoms with Crippen LogP contribution in [0.1, 0.15) is 33.0 Å². The predicted octanol–water partition coefficient (Wildman–Crippen LogP) is 7.03. The molecule has 0 aliphatic carbocycles. The van der Waals surface area contributed by atoms with E-state index in [1.165, 1.54) is 12.3 Å². The molecule has 9 heteroatoms. The zero-order valence-electron chi connectivity index (χ0n) is 24.8. The molecule has 8 nitrogen and oxygen atoms in total. The van der Waals surface area contributed by atoms with Crippen LogP contribution in [0.2, 0.25) is 0 Å². The predicted molar refractivity (Wildman–Crippen MR) is 168 cm³/mol. The molecular formula is C37H27IrN3O5-2. The quantitative estimate of drug-likeness (QED) is 0.180. The molecule has 1 aliphatic heterocycles. The number of carbonyl (C=O) groups is 1. The van der Waals surface area contributed by atoms with E-state index in [0.29, 0.717) is 23.0 Å². The van der Waals surface area contributed by atoms with Crippen LogP contribution in [0.3, 0.4) is 0 Å². The SMILES string of the molecule is COc1c[c-]c2c(c1)Oc1cc(OC)ccc1[C@]2(c1ccccn1)c1cccc(-c2[c-]cccc2)n1.O=C(O)c1ccccn1.[Ir]. The molecule has 0 unspecified atom stereocenters. The molecular weight excluding hydrogens is 759 g/mol. The van der Waals surface area contributed by atoms with Crippen LogP contribution in [0.5, 0.6) is 23.0 Å². The number of methoxy groups -OCH3 is 2. The van der Waals surface area contributed by atoms with Crippen LogP contribution in [0.15, 0.2) is 122 Å². The number of fused-ring (bicyclic) bond motifs is 2. The summed E-state index contributed by atoms with van der Waals surface area (Å²) in [6.45, 7) is 0. The number of hydrogen-bond donors (Lipinski definition) is 1. The number of carboxylic acid groups (broad SMARTS) is 1. The van der Waals surface area contributed by atoms with E-state index in [1.807, 2.05) is 91.0 Å². The molecule has 3 aromatic carbocycles. The Morgan fingerprint density at radius 2 is 1.52 bits per heavy atom. The third-order valence-corrected chi connectivity index (χ3v) is 7.35. The molecule has 1 N–H and O–H groups in total. The van der Waals surface area contributed by atoms with E-state index >= 15 is 0 Å². The Labute approximate surface area is 280 Å². The van der Waals surface area contributed by atoms with Gasteiger partial charge in [-0.3, -0.25) is 9.97 Å². The molecule has 1 radical (unpaired) electrons. The summed E-state index contributed by atoms with van der Waals surface area (Å²) in [5.74, 6) is 1.64. The molecule has 0 saturated carbocycles. The maximum atomic E-state index is 10.1. The number of hydrogen-bond acceptors (Lipinski definition) is 7. The molecule has 1 aliphatic rings. The van der Waals surface area contributed by atoms with Gasteiger partial charge in [0.05, 0.1) is 25.3 Å². The van der Waals surface area contributed by atoms with Crippen molar-refractivity contribution in [2.75, 3.05) is 14.2 Å². The van der Waals surface area contributed by atoms with Crippen LogP contribution < -0.4 is 14.2 Å². The van der Waals surface area contributed by atoms with Gasteiger partial charge in [-0.05, 0) is 42.1 Å². The fourth-order valence-corrected chi connectivity index (χ4v) is 5.31. The van der Waals surface area contributed by atoms with Crippen molar-refractivity contribution < 1.29 is 44.2 Å². The standard InChI is InChI=1S/C31H22N2O3.C6H5NO2.Ir/c1-34-22-14-16-24-27(19-22)36-28-20-23(35-2)15-17-25(28)31(24,29-12-6-7-18-32-29)30-13-8-11-26(33-30)21-9-4-3-5-10-21;8-6(9)5-3-1-2-4-7-5;/h3-9,11-16,18-20H,1-2H3;1-4H,(H,8,9);/q-2;;/t31-;;/m0../s1. The Bertz CT molecular complexity index is 1890. The van der Waals surface area contributed by atoms with Gasteiger partial charge in [0.1, 0.15) is 17.2 Å². The summed E-state index contributed by atoms with van der Waals surface area (Å²) in [6.07, 6.45) is 3.25. The van der Waals surface area contributed by atoms with Gasteiger partial charge < -0.3 is 19.3 Å². The van der Waals surface area contributed by atoms with Crippen LogP contribution in [0.25, 0.3) is 11.3 Å². The minimum absolute atomic E-state index is 0. The molecule has 0 saturated heterocycles. The van der Waals surface area contributed by atoms with Crippen molar-refractivity contribution in [1.82, 2.24) is 15.0 Å². The van der Waals surface area contributed by atoms with E-state index in [0.717, 1.165) is 33.8 Å². The van der Waals surface area contributed by atoms with Gasteiger partial charge in [-0.25, -0.2) is 9.78 Å². The maximum Gasteiger partial charge on any atom is 0.354 e. The van der Waals surface area contributed by atoms with Crippen molar-refractivity contribution in [2.24, 2.45) is 0 Å². The first-order chi connectivity index (χ1) is 22.0. The van der Waals surface area contributed by atoms with Crippen molar-refractivity contribution in [3.05, 3.63) is 162 Å². The van der Waals surface area contributed by atoms with Crippen molar-refractivity contribution >= 4 is 5.97 Å². The van der Waals surface area contributed by atoms with Gasteiger partial charge in [0.15, 0.2) is 0 Å². The molecule has 1 atom stereocenters. The summed E-state index contributed by atoms with van der Waals surface area (Å²) in [5, 5.41) is 8.32. The van der Waals surface area contributed by atoms with Gasteiger partial charge in [0.2, 0.25) is 0 Å². The monoisotopic (exact) mass is 786 g/mol. The second-order valence-electron chi connectivity index (χ2n) is 9.91. The number of benzene rings is 3. The number of aromatic carboxylic acids is 1. The molecule has 6 aromatic rings. The van der Waals surface area contributed by atoms with Gasteiger partial charge in [0.25, 0.3) is 0 Å². The molecule has 0 amide bonds. The van der Waals surface area contributed by atoms with Crippen molar-refractivity contribution in [3.63, 3.8) is 0 Å². The zero-order chi connectivity index (χ0) is 31.2. The van der Waals surface area contributed by atoms with Crippen LogP contribution in [-0.2, 0) is 25.5 Å². The Balaban J connectivity index is 0.000000362. The average Bonchev–Trinajstić information content (AvgIpc) is 3.11. The first-order valence-electron chi connectivity index (χ1n) is 14.0. The van der Waals surface area contributed by atoms with E-state index in [9.17, 15) is 4.79 Å². The number of aromatic nitrogens is 3. The number of pyridine rings is 3. The maximum absolute atomic E-state index is 10.1. The molecule has 231 valence electrons.